The molecule has 1 N–H and O–H groups in total. The Hall–Kier alpha value is -4.24. The minimum absolute atomic E-state index is 0.232. The molecular formula is C36H34ClN3O5. The molecule has 1 spiro atoms. The van der Waals surface area contributed by atoms with E-state index in [0.717, 1.165) is 5.69 Å². The molecule has 9 heteroatoms. The number of aliphatic hydroxyl groups excluding tert-OH is 1. The van der Waals surface area contributed by atoms with Crippen molar-refractivity contribution < 1.29 is 24.2 Å². The van der Waals surface area contributed by atoms with E-state index in [2.05, 4.69) is 0 Å². The minimum atomic E-state index is -1.46. The fourth-order valence-electron chi connectivity index (χ4n) is 7.76. The first-order chi connectivity index (χ1) is 21.8. The Bertz CT molecular complexity index is 1680. The zero-order valence-electron chi connectivity index (χ0n) is 24.8. The molecule has 8 nitrogen and oxygen atoms in total. The number of ether oxygens (including phenoxy) is 1. The number of hydrogen-bond donors (Lipinski definition) is 1. The van der Waals surface area contributed by atoms with Gasteiger partial charge in [-0.1, -0.05) is 91.4 Å². The fraction of sp³-hybridized carbons (Fsp3) is 0.306. The van der Waals surface area contributed by atoms with Gasteiger partial charge in [0, 0.05) is 29.5 Å². The maximum Gasteiger partial charge on any atom is 0.253 e. The van der Waals surface area contributed by atoms with Crippen LogP contribution in [-0.2, 0) is 19.1 Å². The topological polar surface area (TPSA) is 90.4 Å². The Morgan fingerprint density at radius 1 is 0.800 bits per heavy atom. The third-order valence-corrected chi connectivity index (χ3v) is 10.0. The first-order valence-corrected chi connectivity index (χ1v) is 15.7. The first kappa shape index (κ1) is 29.5. The van der Waals surface area contributed by atoms with Crippen molar-refractivity contribution in [3.8, 4) is 0 Å². The fourth-order valence-corrected chi connectivity index (χ4v) is 7.88. The lowest BCUT2D eigenvalue weighted by Gasteiger charge is -2.41. The van der Waals surface area contributed by atoms with Gasteiger partial charge in [0.25, 0.3) is 5.91 Å². The molecule has 45 heavy (non-hydrogen) atoms. The number of halogens is 1. The molecule has 0 saturated carbocycles. The van der Waals surface area contributed by atoms with Gasteiger partial charge in [0.15, 0.2) is 0 Å². The quantitative estimate of drug-likeness (QED) is 0.393. The van der Waals surface area contributed by atoms with E-state index >= 15 is 0 Å². The second kappa shape index (κ2) is 11.3. The monoisotopic (exact) mass is 623 g/mol. The number of hydrogen-bond acceptors (Lipinski definition) is 5. The SMILES string of the molecule is CC[C@]12C=CCN(c3ccccc3)C(=O)[C@H]1[C@H]1C(=O)N([C@H](CO)c3ccccc3)C3C(=O)N(c4ccc(Cl)cc4)CC=C[C@@]31O2. The normalized spacial score (nSPS) is 29.7. The number of carbonyl (C=O) groups is 3. The summed E-state index contributed by atoms with van der Waals surface area (Å²) in [6, 6.07) is 23.5. The zero-order chi connectivity index (χ0) is 31.3. The van der Waals surface area contributed by atoms with Crippen LogP contribution in [0.2, 0.25) is 5.02 Å². The van der Waals surface area contributed by atoms with E-state index in [0.29, 0.717) is 29.2 Å². The van der Waals surface area contributed by atoms with Crippen molar-refractivity contribution >= 4 is 40.7 Å². The highest BCUT2D eigenvalue weighted by Gasteiger charge is 2.76. The number of aliphatic hydroxyl groups is 1. The molecule has 4 heterocycles. The largest absolute Gasteiger partial charge is 0.394 e. The molecule has 0 aromatic heterocycles. The zero-order valence-corrected chi connectivity index (χ0v) is 25.6. The molecule has 0 radical (unpaired) electrons. The summed E-state index contributed by atoms with van der Waals surface area (Å²) in [5.41, 5.74) is -0.559. The molecule has 1 unspecified atom stereocenters. The first-order valence-electron chi connectivity index (χ1n) is 15.3. The van der Waals surface area contributed by atoms with Crippen LogP contribution in [0, 0.1) is 11.8 Å². The molecule has 0 aliphatic carbocycles. The predicted octanol–water partition coefficient (Wildman–Crippen LogP) is 4.94. The van der Waals surface area contributed by atoms with E-state index in [1.165, 1.54) is 4.90 Å². The van der Waals surface area contributed by atoms with E-state index in [-0.39, 0.29) is 18.4 Å². The number of carbonyl (C=O) groups excluding carboxylic acids is 3. The van der Waals surface area contributed by atoms with Crippen LogP contribution < -0.4 is 9.80 Å². The van der Waals surface area contributed by atoms with Crippen molar-refractivity contribution in [2.75, 3.05) is 29.5 Å². The molecule has 2 saturated heterocycles. The van der Waals surface area contributed by atoms with Gasteiger partial charge in [-0.05, 0) is 48.4 Å². The second-order valence-corrected chi connectivity index (χ2v) is 12.4. The molecule has 7 rings (SSSR count). The summed E-state index contributed by atoms with van der Waals surface area (Å²) < 4.78 is 7.10. The van der Waals surface area contributed by atoms with Crippen LogP contribution in [0.15, 0.2) is 109 Å². The maximum atomic E-state index is 15.0. The number of likely N-dealkylation sites (tertiary alicyclic amines) is 1. The summed E-state index contributed by atoms with van der Waals surface area (Å²) in [6.45, 7) is 2.09. The van der Waals surface area contributed by atoms with Crippen molar-refractivity contribution in [3.63, 3.8) is 0 Å². The summed E-state index contributed by atoms with van der Waals surface area (Å²) in [7, 11) is 0. The van der Waals surface area contributed by atoms with E-state index in [4.69, 9.17) is 16.3 Å². The van der Waals surface area contributed by atoms with Crippen LogP contribution in [0.5, 0.6) is 0 Å². The maximum absolute atomic E-state index is 15.0. The van der Waals surface area contributed by atoms with Crippen LogP contribution in [0.4, 0.5) is 11.4 Å². The van der Waals surface area contributed by atoms with Gasteiger partial charge in [0.05, 0.1) is 30.1 Å². The van der Waals surface area contributed by atoms with Gasteiger partial charge in [0.2, 0.25) is 11.8 Å². The Balaban J connectivity index is 1.41. The molecule has 2 fully saturated rings. The molecule has 4 aliphatic rings. The molecule has 3 aromatic carbocycles. The summed E-state index contributed by atoms with van der Waals surface area (Å²) >= 11 is 6.17. The predicted molar refractivity (Wildman–Crippen MR) is 172 cm³/mol. The van der Waals surface area contributed by atoms with Gasteiger partial charge in [0.1, 0.15) is 11.6 Å². The molecule has 4 aliphatic heterocycles. The molecule has 3 aromatic rings. The van der Waals surface area contributed by atoms with Crippen LogP contribution >= 0.6 is 11.6 Å². The number of para-hydroxylation sites is 1. The van der Waals surface area contributed by atoms with Gasteiger partial charge >= 0.3 is 0 Å². The van der Waals surface area contributed by atoms with E-state index in [1.807, 2.05) is 91.9 Å². The lowest BCUT2D eigenvalue weighted by molar-refractivity contribution is -0.149. The van der Waals surface area contributed by atoms with Crippen molar-refractivity contribution in [1.82, 2.24) is 4.90 Å². The van der Waals surface area contributed by atoms with Gasteiger partial charge in [-0.15, -0.1) is 0 Å². The molecule has 6 atom stereocenters. The number of amides is 3. The van der Waals surface area contributed by atoms with Gasteiger partial charge in [-0.2, -0.15) is 0 Å². The smallest absolute Gasteiger partial charge is 0.253 e. The van der Waals surface area contributed by atoms with Crippen molar-refractivity contribution in [2.45, 2.75) is 36.6 Å². The Morgan fingerprint density at radius 3 is 2.04 bits per heavy atom. The van der Waals surface area contributed by atoms with Crippen LogP contribution in [0.1, 0.15) is 24.9 Å². The second-order valence-electron chi connectivity index (χ2n) is 12.0. The van der Waals surface area contributed by atoms with Gasteiger partial charge in [-0.25, -0.2) is 0 Å². The average molecular weight is 624 g/mol. The van der Waals surface area contributed by atoms with Gasteiger partial charge in [-0.3, -0.25) is 14.4 Å². The Labute approximate surface area is 267 Å². The van der Waals surface area contributed by atoms with Crippen molar-refractivity contribution in [3.05, 3.63) is 120 Å². The summed E-state index contributed by atoms with van der Waals surface area (Å²) in [4.78, 5) is 49.4. The van der Waals surface area contributed by atoms with Crippen molar-refractivity contribution in [1.29, 1.82) is 0 Å². The van der Waals surface area contributed by atoms with E-state index < -0.39 is 47.6 Å². The van der Waals surface area contributed by atoms with E-state index in [9.17, 15) is 19.5 Å². The Morgan fingerprint density at radius 2 is 1.40 bits per heavy atom. The summed E-state index contributed by atoms with van der Waals surface area (Å²) in [6.07, 6.45) is 7.94. The van der Waals surface area contributed by atoms with Gasteiger partial charge < -0.3 is 24.5 Å². The van der Waals surface area contributed by atoms with Crippen LogP contribution in [0.25, 0.3) is 0 Å². The molecule has 3 amide bonds. The average Bonchev–Trinajstić information content (AvgIpc) is 3.35. The van der Waals surface area contributed by atoms with Crippen LogP contribution in [-0.4, -0.2) is 64.7 Å². The lowest BCUT2D eigenvalue weighted by Crippen LogP contribution is -2.57. The lowest BCUT2D eigenvalue weighted by atomic mass is 9.73. The standard InChI is InChI=1S/C36H34ClN3O5/c1-2-35-19-9-21-38(26-13-7-4-8-14-26)32(42)29(35)30-33(43)40(28(23-41)24-11-5-3-6-12-24)31-34(44)39(22-10-20-36(30,31)45-35)27-17-15-25(37)16-18-27/h3-20,28-31,41H,2,21-23H2,1H3/t28-,29-,30+,31?,35+,36+/m1/s1. The third kappa shape index (κ3) is 4.46. The molecule has 230 valence electrons. The number of benzene rings is 3. The molecular weight excluding hydrogens is 590 g/mol. The number of anilines is 2. The summed E-state index contributed by atoms with van der Waals surface area (Å²) in [5.74, 6) is -2.89. The third-order valence-electron chi connectivity index (χ3n) is 9.78. The number of fused-ring (bicyclic) bond motifs is 2. The number of rotatable bonds is 6. The minimum Gasteiger partial charge on any atom is -0.394 e. The number of nitrogens with zero attached hydrogens (tertiary/aromatic N) is 3. The van der Waals surface area contributed by atoms with E-state index in [1.54, 1.807) is 34.1 Å². The summed E-state index contributed by atoms with van der Waals surface area (Å²) in [5, 5.41) is 11.4. The highest BCUT2D eigenvalue weighted by atomic mass is 35.5. The highest BCUT2D eigenvalue weighted by Crippen LogP contribution is 2.60. The van der Waals surface area contributed by atoms with Crippen LogP contribution in [0.3, 0.4) is 0 Å². The van der Waals surface area contributed by atoms with Crippen molar-refractivity contribution in [2.24, 2.45) is 11.8 Å². The Kier molecular flexibility index (Phi) is 7.39. The molecule has 0 bridgehead atoms. The highest BCUT2D eigenvalue weighted by molar-refractivity contribution is 6.30.